The summed E-state index contributed by atoms with van der Waals surface area (Å²) in [6.45, 7) is 6.56. The lowest BCUT2D eigenvalue weighted by Crippen LogP contribution is -2.10. The number of hydrogen-bond donors (Lipinski definition) is 2. The van der Waals surface area contributed by atoms with Crippen LogP contribution in [0.15, 0.2) is 60.8 Å². The minimum Gasteiger partial charge on any atom is -0.465 e. The number of carbonyl (C=O) groups excluding carboxylic acids is 1. The minimum atomic E-state index is -0.363. The van der Waals surface area contributed by atoms with E-state index in [4.69, 9.17) is 4.74 Å². The summed E-state index contributed by atoms with van der Waals surface area (Å²) in [6.07, 6.45) is 1.68. The molecule has 2 N–H and O–H groups in total. The van der Waals surface area contributed by atoms with Crippen molar-refractivity contribution in [3.8, 4) is 0 Å². The van der Waals surface area contributed by atoms with E-state index in [0.717, 1.165) is 11.4 Å². The molecule has 3 aromatic rings. The molecular weight excluding hydrogens is 352 g/mol. The molecule has 0 bridgehead atoms. The van der Waals surface area contributed by atoms with Crippen LogP contribution in [0.3, 0.4) is 0 Å². The average Bonchev–Trinajstić information content (AvgIpc) is 2.68. The van der Waals surface area contributed by atoms with Gasteiger partial charge in [-0.05, 0) is 53.4 Å². The Bertz CT molecular complexity index is 946. The Morgan fingerprint density at radius 2 is 1.50 bits per heavy atom. The van der Waals surface area contributed by atoms with E-state index >= 15 is 0 Å². The Morgan fingerprint density at radius 3 is 2.11 bits per heavy atom. The number of benzene rings is 2. The molecule has 0 aliphatic heterocycles. The molecule has 0 fully saturated rings. The van der Waals surface area contributed by atoms with E-state index in [1.165, 1.54) is 12.7 Å². The van der Waals surface area contributed by atoms with Crippen LogP contribution in [0.1, 0.15) is 36.7 Å². The van der Waals surface area contributed by atoms with Gasteiger partial charge in [0.15, 0.2) is 0 Å². The summed E-state index contributed by atoms with van der Waals surface area (Å²) in [6, 6.07) is 17.0. The van der Waals surface area contributed by atoms with E-state index in [1.54, 1.807) is 36.5 Å². The quantitative estimate of drug-likeness (QED) is 0.607. The summed E-state index contributed by atoms with van der Waals surface area (Å²) in [5.74, 6) is 0.784. The first-order valence-electron chi connectivity index (χ1n) is 9.01. The molecule has 0 atom stereocenters. The van der Waals surface area contributed by atoms with Gasteiger partial charge in [0.05, 0.1) is 12.7 Å². The molecule has 3 rings (SSSR count). The van der Waals surface area contributed by atoms with Gasteiger partial charge in [-0.3, -0.25) is 0 Å². The van der Waals surface area contributed by atoms with Gasteiger partial charge in [-0.15, -0.1) is 0 Å². The van der Waals surface area contributed by atoms with Crippen molar-refractivity contribution in [3.05, 3.63) is 71.9 Å². The van der Waals surface area contributed by atoms with Crippen molar-refractivity contribution in [1.29, 1.82) is 0 Å². The Labute approximate surface area is 165 Å². The van der Waals surface area contributed by atoms with Gasteiger partial charge in [-0.25, -0.2) is 9.78 Å². The Balaban J connectivity index is 1.69. The highest BCUT2D eigenvalue weighted by Gasteiger charge is 2.13. The fraction of sp³-hybridized carbons (Fsp3) is 0.227. The third-order valence-corrected chi connectivity index (χ3v) is 4.24. The predicted molar refractivity (Wildman–Crippen MR) is 112 cm³/mol. The summed E-state index contributed by atoms with van der Waals surface area (Å²) in [5.41, 5.74) is 3.61. The first-order valence-corrected chi connectivity index (χ1v) is 9.01. The molecule has 144 valence electrons. The van der Waals surface area contributed by atoms with Crippen LogP contribution in [-0.4, -0.2) is 23.0 Å². The third-order valence-electron chi connectivity index (χ3n) is 4.24. The molecule has 6 heteroatoms. The van der Waals surface area contributed by atoms with Crippen molar-refractivity contribution in [2.75, 3.05) is 17.7 Å². The maximum Gasteiger partial charge on any atom is 0.337 e. The van der Waals surface area contributed by atoms with Crippen LogP contribution in [0.4, 0.5) is 23.1 Å². The van der Waals surface area contributed by atoms with E-state index in [-0.39, 0.29) is 11.4 Å². The largest absolute Gasteiger partial charge is 0.465 e. The van der Waals surface area contributed by atoms with Crippen LogP contribution in [-0.2, 0) is 10.2 Å². The van der Waals surface area contributed by atoms with Crippen molar-refractivity contribution in [3.63, 3.8) is 0 Å². The Kier molecular flexibility index (Phi) is 5.59. The number of hydrogen-bond acceptors (Lipinski definition) is 6. The molecule has 0 spiro atoms. The van der Waals surface area contributed by atoms with Gasteiger partial charge in [0.25, 0.3) is 0 Å². The lowest BCUT2D eigenvalue weighted by Gasteiger charge is -2.19. The zero-order valence-corrected chi connectivity index (χ0v) is 16.5. The molecule has 2 aromatic carbocycles. The van der Waals surface area contributed by atoms with E-state index in [1.807, 2.05) is 12.1 Å². The Hall–Kier alpha value is -3.41. The molecule has 0 amide bonds. The minimum absolute atomic E-state index is 0.113. The molecular formula is C22H24N4O2. The summed E-state index contributed by atoms with van der Waals surface area (Å²) >= 11 is 0. The first kappa shape index (κ1) is 19.4. The average molecular weight is 376 g/mol. The lowest BCUT2D eigenvalue weighted by molar-refractivity contribution is 0.0601. The molecule has 28 heavy (non-hydrogen) atoms. The molecule has 0 aliphatic carbocycles. The zero-order valence-electron chi connectivity index (χ0n) is 16.5. The number of esters is 1. The molecule has 6 nitrogen and oxygen atoms in total. The number of nitrogens with one attached hydrogen (secondary N) is 2. The number of ether oxygens (including phenoxy) is 1. The molecule has 0 unspecified atom stereocenters. The van der Waals surface area contributed by atoms with E-state index in [2.05, 4.69) is 53.5 Å². The van der Waals surface area contributed by atoms with Crippen molar-refractivity contribution < 1.29 is 9.53 Å². The van der Waals surface area contributed by atoms with Crippen LogP contribution in [0.2, 0.25) is 0 Å². The van der Waals surface area contributed by atoms with Crippen LogP contribution >= 0.6 is 0 Å². The number of aromatic nitrogens is 2. The maximum absolute atomic E-state index is 11.5. The number of nitrogens with zero attached hydrogens (tertiary/aromatic N) is 2. The van der Waals surface area contributed by atoms with E-state index < -0.39 is 0 Å². The topological polar surface area (TPSA) is 76.1 Å². The lowest BCUT2D eigenvalue weighted by atomic mass is 9.87. The maximum atomic E-state index is 11.5. The molecule has 1 aromatic heterocycles. The van der Waals surface area contributed by atoms with Crippen LogP contribution in [0, 0.1) is 0 Å². The van der Waals surface area contributed by atoms with Crippen molar-refractivity contribution in [1.82, 2.24) is 9.97 Å². The number of rotatable bonds is 5. The predicted octanol–water partition coefficient (Wildman–Crippen LogP) is 5.05. The smallest absolute Gasteiger partial charge is 0.337 e. The van der Waals surface area contributed by atoms with Gasteiger partial charge in [0.2, 0.25) is 5.95 Å². The van der Waals surface area contributed by atoms with Crippen LogP contribution < -0.4 is 10.6 Å². The van der Waals surface area contributed by atoms with E-state index in [9.17, 15) is 4.79 Å². The van der Waals surface area contributed by atoms with Gasteiger partial charge in [-0.1, -0.05) is 32.9 Å². The van der Waals surface area contributed by atoms with E-state index in [0.29, 0.717) is 17.3 Å². The fourth-order valence-corrected chi connectivity index (χ4v) is 2.63. The number of methoxy groups -OCH3 is 1. The van der Waals surface area contributed by atoms with Gasteiger partial charge in [0.1, 0.15) is 5.82 Å². The monoisotopic (exact) mass is 376 g/mol. The SMILES string of the molecule is COC(=O)c1ccc(Nc2ccnc(Nc3ccc(C(C)(C)C)cc3)n2)cc1. The molecule has 1 heterocycles. The van der Waals surface area contributed by atoms with Gasteiger partial charge in [0, 0.05) is 17.6 Å². The van der Waals surface area contributed by atoms with Crippen LogP contribution in [0.5, 0.6) is 0 Å². The van der Waals surface area contributed by atoms with Crippen LogP contribution in [0.25, 0.3) is 0 Å². The highest BCUT2D eigenvalue weighted by molar-refractivity contribution is 5.89. The highest BCUT2D eigenvalue weighted by Crippen LogP contribution is 2.24. The number of carbonyl (C=O) groups is 1. The number of anilines is 4. The molecule has 0 saturated carbocycles. The fourth-order valence-electron chi connectivity index (χ4n) is 2.63. The zero-order chi connectivity index (χ0) is 20.1. The summed E-state index contributed by atoms with van der Waals surface area (Å²) in [5, 5.41) is 6.42. The first-order chi connectivity index (χ1) is 13.3. The summed E-state index contributed by atoms with van der Waals surface area (Å²) in [7, 11) is 1.36. The standard InChI is InChI=1S/C22H24N4O2/c1-22(2,3)16-7-11-18(12-8-16)25-21-23-14-13-19(26-21)24-17-9-5-15(6-10-17)20(27)28-4/h5-14H,1-4H3,(H2,23,24,25,26). The summed E-state index contributed by atoms with van der Waals surface area (Å²) in [4.78, 5) is 20.3. The van der Waals surface area contributed by atoms with Crippen molar-refractivity contribution >= 4 is 29.1 Å². The third kappa shape index (κ3) is 4.85. The highest BCUT2D eigenvalue weighted by atomic mass is 16.5. The normalized spacial score (nSPS) is 11.0. The van der Waals surface area contributed by atoms with Gasteiger partial charge < -0.3 is 15.4 Å². The second-order valence-corrected chi connectivity index (χ2v) is 7.41. The molecule has 0 aliphatic rings. The Morgan fingerprint density at radius 1 is 0.893 bits per heavy atom. The van der Waals surface area contributed by atoms with Gasteiger partial charge in [-0.2, -0.15) is 4.98 Å². The molecule has 0 saturated heterocycles. The second kappa shape index (κ2) is 8.08. The van der Waals surface area contributed by atoms with Crippen molar-refractivity contribution in [2.24, 2.45) is 0 Å². The van der Waals surface area contributed by atoms with Crippen molar-refractivity contribution in [2.45, 2.75) is 26.2 Å². The molecule has 0 radical (unpaired) electrons. The summed E-state index contributed by atoms with van der Waals surface area (Å²) < 4.78 is 4.70. The van der Waals surface area contributed by atoms with Gasteiger partial charge >= 0.3 is 5.97 Å². The second-order valence-electron chi connectivity index (χ2n) is 7.41.